The number of carbonyl (C=O) groups is 1. The van der Waals surface area contributed by atoms with Crippen molar-refractivity contribution in [3.05, 3.63) is 65.7 Å². The molecule has 4 nitrogen and oxygen atoms in total. The summed E-state index contributed by atoms with van der Waals surface area (Å²) in [5.41, 5.74) is 0.374. The maximum atomic E-state index is 13.0. The minimum absolute atomic E-state index is 0.0148. The Morgan fingerprint density at radius 3 is 2.36 bits per heavy atom. The first-order chi connectivity index (χ1) is 13.4. The van der Waals surface area contributed by atoms with Crippen LogP contribution >= 0.6 is 0 Å². The van der Waals surface area contributed by atoms with Crippen LogP contribution in [0.15, 0.2) is 54.6 Å². The molecule has 0 radical (unpaired) electrons. The number of hydrogen-bond acceptors (Lipinski definition) is 3. The molecule has 1 aliphatic rings. The summed E-state index contributed by atoms with van der Waals surface area (Å²) in [5, 5.41) is 2.86. The lowest BCUT2D eigenvalue weighted by Gasteiger charge is -2.32. The minimum Gasteiger partial charge on any atom is -0.483 e. The van der Waals surface area contributed by atoms with Crippen molar-refractivity contribution in [3.63, 3.8) is 0 Å². The number of nitrogens with zero attached hydrogens (tertiary/aromatic N) is 1. The van der Waals surface area contributed by atoms with E-state index in [4.69, 9.17) is 4.74 Å². The Labute approximate surface area is 162 Å². The number of rotatable bonds is 6. The smallest absolute Gasteiger partial charge is 0.419 e. The normalized spacial score (nSPS) is 16.0. The first-order valence-electron chi connectivity index (χ1n) is 9.26. The third-order valence-electron chi connectivity index (χ3n) is 4.75. The monoisotopic (exact) mass is 392 g/mol. The molecule has 1 amide bonds. The lowest BCUT2D eigenvalue weighted by molar-refractivity contribution is -0.139. The number of halogens is 3. The average molecular weight is 392 g/mol. The highest BCUT2D eigenvalue weighted by atomic mass is 19.4. The molecule has 0 unspecified atom stereocenters. The second kappa shape index (κ2) is 9.10. The van der Waals surface area contributed by atoms with Crippen LogP contribution in [0.4, 0.5) is 13.2 Å². The van der Waals surface area contributed by atoms with Crippen molar-refractivity contribution in [2.75, 3.05) is 19.7 Å². The second-order valence-electron chi connectivity index (χ2n) is 6.89. The van der Waals surface area contributed by atoms with Crippen molar-refractivity contribution in [2.24, 2.45) is 0 Å². The van der Waals surface area contributed by atoms with Gasteiger partial charge in [0, 0.05) is 25.7 Å². The number of alkyl halides is 3. The van der Waals surface area contributed by atoms with Crippen molar-refractivity contribution in [1.82, 2.24) is 10.2 Å². The van der Waals surface area contributed by atoms with E-state index in [9.17, 15) is 18.0 Å². The van der Waals surface area contributed by atoms with Crippen LogP contribution in [0.2, 0.25) is 0 Å². The summed E-state index contributed by atoms with van der Waals surface area (Å²) < 4.78 is 44.0. The van der Waals surface area contributed by atoms with Gasteiger partial charge >= 0.3 is 6.18 Å². The molecule has 1 aliphatic heterocycles. The predicted molar refractivity (Wildman–Crippen MR) is 99.8 cm³/mol. The largest absolute Gasteiger partial charge is 0.483 e. The van der Waals surface area contributed by atoms with E-state index in [1.54, 1.807) is 0 Å². The molecule has 1 heterocycles. The molecule has 1 saturated heterocycles. The Bertz CT molecular complexity index is 773. The molecule has 0 aromatic heterocycles. The Morgan fingerprint density at radius 2 is 1.68 bits per heavy atom. The lowest BCUT2D eigenvalue weighted by Crippen LogP contribution is -2.45. The predicted octanol–water partition coefficient (Wildman–Crippen LogP) is 3.87. The molecule has 28 heavy (non-hydrogen) atoms. The van der Waals surface area contributed by atoms with E-state index < -0.39 is 24.3 Å². The number of hydrogen-bond donors (Lipinski definition) is 1. The van der Waals surface area contributed by atoms with Crippen LogP contribution in [0.1, 0.15) is 24.0 Å². The Morgan fingerprint density at radius 1 is 1.04 bits per heavy atom. The van der Waals surface area contributed by atoms with Crippen molar-refractivity contribution in [1.29, 1.82) is 0 Å². The van der Waals surface area contributed by atoms with Gasteiger partial charge in [0.25, 0.3) is 5.91 Å². The average Bonchev–Trinajstić information content (AvgIpc) is 2.68. The number of likely N-dealkylation sites (tertiary alicyclic amines) is 1. The maximum absolute atomic E-state index is 13.0. The fourth-order valence-corrected chi connectivity index (χ4v) is 3.32. The maximum Gasteiger partial charge on any atom is 0.419 e. The lowest BCUT2D eigenvalue weighted by atomic mass is 10.0. The number of para-hydroxylation sites is 1. The molecule has 1 fully saturated rings. The van der Waals surface area contributed by atoms with Crippen LogP contribution in [-0.2, 0) is 17.5 Å². The molecule has 7 heteroatoms. The van der Waals surface area contributed by atoms with Crippen LogP contribution in [0.5, 0.6) is 5.75 Å². The van der Waals surface area contributed by atoms with Gasteiger partial charge < -0.3 is 10.1 Å². The van der Waals surface area contributed by atoms with Crippen molar-refractivity contribution in [3.8, 4) is 5.75 Å². The molecule has 0 saturated carbocycles. The van der Waals surface area contributed by atoms with Crippen molar-refractivity contribution < 1.29 is 22.7 Å². The first kappa shape index (κ1) is 20.2. The summed E-state index contributed by atoms with van der Waals surface area (Å²) in [5.74, 6) is -0.735. The molecule has 0 bridgehead atoms. The zero-order chi connectivity index (χ0) is 20.0. The Hall–Kier alpha value is -2.54. The highest BCUT2D eigenvalue weighted by Crippen LogP contribution is 2.35. The SMILES string of the molecule is O=C(COc1ccccc1C(F)(F)F)NC1CCN(Cc2ccccc2)CC1. The van der Waals surface area contributed by atoms with Crippen LogP contribution in [0, 0.1) is 0 Å². The van der Waals surface area contributed by atoms with Gasteiger partial charge in [-0.1, -0.05) is 42.5 Å². The van der Waals surface area contributed by atoms with E-state index in [1.807, 2.05) is 18.2 Å². The molecule has 150 valence electrons. The molecular weight excluding hydrogens is 369 g/mol. The van der Waals surface area contributed by atoms with Gasteiger partial charge in [-0.25, -0.2) is 0 Å². The van der Waals surface area contributed by atoms with Gasteiger partial charge in [0.15, 0.2) is 6.61 Å². The van der Waals surface area contributed by atoms with Crippen LogP contribution in [-0.4, -0.2) is 36.5 Å². The quantitative estimate of drug-likeness (QED) is 0.812. The van der Waals surface area contributed by atoms with Gasteiger partial charge in [0.2, 0.25) is 0 Å². The first-order valence-corrected chi connectivity index (χ1v) is 9.26. The van der Waals surface area contributed by atoms with Gasteiger partial charge in [-0.15, -0.1) is 0 Å². The second-order valence-corrected chi connectivity index (χ2v) is 6.89. The number of carbonyl (C=O) groups excluding carboxylic acids is 1. The third kappa shape index (κ3) is 5.73. The fourth-order valence-electron chi connectivity index (χ4n) is 3.32. The summed E-state index contributed by atoms with van der Waals surface area (Å²) >= 11 is 0. The molecular formula is C21H23F3N2O2. The molecule has 3 rings (SSSR count). The van der Waals surface area contributed by atoms with E-state index >= 15 is 0 Å². The number of ether oxygens (including phenoxy) is 1. The Balaban J connectivity index is 1.43. The zero-order valence-electron chi connectivity index (χ0n) is 15.4. The molecule has 2 aromatic rings. The molecule has 0 atom stereocenters. The summed E-state index contributed by atoms with van der Waals surface area (Å²) in [6, 6.07) is 15.1. The standard InChI is InChI=1S/C21H23F3N2O2/c22-21(23,24)18-8-4-5-9-19(18)28-15-20(27)25-17-10-12-26(13-11-17)14-16-6-2-1-3-7-16/h1-9,17H,10-15H2,(H,25,27). The van der Waals surface area contributed by atoms with E-state index in [1.165, 1.54) is 23.8 Å². The fraction of sp³-hybridized carbons (Fsp3) is 0.381. The van der Waals surface area contributed by atoms with Crippen molar-refractivity contribution in [2.45, 2.75) is 31.6 Å². The summed E-state index contributed by atoms with van der Waals surface area (Å²) in [6.45, 7) is 2.16. The van der Waals surface area contributed by atoms with Gasteiger partial charge in [0.05, 0.1) is 5.56 Å². The number of benzene rings is 2. The molecule has 0 aliphatic carbocycles. The molecule has 2 aromatic carbocycles. The van der Waals surface area contributed by atoms with E-state index in [0.717, 1.165) is 38.5 Å². The van der Waals surface area contributed by atoms with Gasteiger partial charge in [0.1, 0.15) is 5.75 Å². The highest BCUT2D eigenvalue weighted by Gasteiger charge is 2.34. The summed E-state index contributed by atoms with van der Waals surface area (Å²) in [6.07, 6.45) is -2.91. The molecule has 0 spiro atoms. The van der Waals surface area contributed by atoms with Crippen LogP contribution in [0.3, 0.4) is 0 Å². The van der Waals surface area contributed by atoms with Crippen LogP contribution < -0.4 is 10.1 Å². The summed E-state index contributed by atoms with van der Waals surface area (Å²) in [4.78, 5) is 14.4. The van der Waals surface area contributed by atoms with Crippen LogP contribution in [0.25, 0.3) is 0 Å². The van der Waals surface area contributed by atoms with E-state index in [0.29, 0.717) is 0 Å². The van der Waals surface area contributed by atoms with Gasteiger partial charge in [-0.05, 0) is 30.5 Å². The van der Waals surface area contributed by atoms with Crippen molar-refractivity contribution >= 4 is 5.91 Å². The minimum atomic E-state index is -4.52. The van der Waals surface area contributed by atoms with Gasteiger partial charge in [-0.2, -0.15) is 13.2 Å². The number of nitrogens with one attached hydrogen (secondary N) is 1. The summed E-state index contributed by atoms with van der Waals surface area (Å²) in [7, 11) is 0. The van der Waals surface area contributed by atoms with E-state index in [2.05, 4.69) is 22.3 Å². The topological polar surface area (TPSA) is 41.6 Å². The number of piperidine rings is 1. The zero-order valence-corrected chi connectivity index (χ0v) is 15.4. The van der Waals surface area contributed by atoms with Gasteiger partial charge in [-0.3, -0.25) is 9.69 Å². The highest BCUT2D eigenvalue weighted by molar-refractivity contribution is 5.77. The Kier molecular flexibility index (Phi) is 6.57. The number of amides is 1. The molecule has 1 N–H and O–H groups in total. The third-order valence-corrected chi connectivity index (χ3v) is 4.75. The van der Waals surface area contributed by atoms with E-state index in [-0.39, 0.29) is 11.8 Å².